The molecule has 0 saturated carbocycles. The van der Waals surface area contributed by atoms with E-state index >= 15 is 0 Å². The lowest BCUT2D eigenvalue weighted by Crippen LogP contribution is -2.64. The lowest BCUT2D eigenvalue weighted by molar-refractivity contribution is -0.162. The van der Waals surface area contributed by atoms with Gasteiger partial charge in [-0.05, 0) is 6.07 Å². The van der Waals surface area contributed by atoms with E-state index in [1.165, 1.54) is 12.1 Å². The van der Waals surface area contributed by atoms with Crippen LogP contribution >= 0.6 is 0 Å². The number of carbonyl (C=O) groups excluding carboxylic acids is 3. The molecule has 1 aliphatic heterocycles. The normalized spacial score (nSPS) is 22.1. The molecule has 0 bridgehead atoms. The fourth-order valence-electron chi connectivity index (χ4n) is 1.87. The van der Waals surface area contributed by atoms with Gasteiger partial charge >= 0.3 is 11.7 Å². The molecule has 0 unspecified atom stereocenters. The van der Waals surface area contributed by atoms with Crippen LogP contribution in [0.3, 0.4) is 0 Å². The number of nitrogens with one attached hydrogen (secondary N) is 1. The van der Waals surface area contributed by atoms with Crippen molar-refractivity contribution in [3.63, 3.8) is 0 Å². The Hall–Kier alpha value is -2.21. The third-order valence-electron chi connectivity index (χ3n) is 2.80. The van der Waals surface area contributed by atoms with Gasteiger partial charge < -0.3 is 14.8 Å². The summed E-state index contributed by atoms with van der Waals surface area (Å²) < 4.78 is 9.43. The second-order valence-electron chi connectivity index (χ2n) is 3.71. The van der Waals surface area contributed by atoms with E-state index in [2.05, 4.69) is 10.1 Å². The first-order valence-corrected chi connectivity index (χ1v) is 5.16. The molecule has 1 aromatic carbocycles. The van der Waals surface area contributed by atoms with Crippen LogP contribution < -0.4 is 5.32 Å². The summed E-state index contributed by atoms with van der Waals surface area (Å²) in [6.07, 6.45) is 0. The number of amides is 1. The molecule has 0 saturated heterocycles. The van der Waals surface area contributed by atoms with Crippen molar-refractivity contribution in [2.45, 2.75) is 5.72 Å². The fraction of sp³-hybridized carbons (Fsp3) is 0.250. The SMILES string of the molecule is COC(=O)[C@]1(OC)NC(=O)c2ccccc2C1=O. The van der Waals surface area contributed by atoms with E-state index in [1.54, 1.807) is 12.1 Å². The summed E-state index contributed by atoms with van der Waals surface area (Å²) in [7, 11) is 2.27. The number of hydrogen-bond acceptors (Lipinski definition) is 5. The molecule has 1 N–H and O–H groups in total. The van der Waals surface area contributed by atoms with Crippen molar-refractivity contribution in [1.82, 2.24) is 5.32 Å². The van der Waals surface area contributed by atoms with Crippen LogP contribution in [0, 0.1) is 0 Å². The highest BCUT2D eigenvalue weighted by molar-refractivity contribution is 6.24. The van der Waals surface area contributed by atoms with Gasteiger partial charge in [0.2, 0.25) is 5.78 Å². The van der Waals surface area contributed by atoms with Gasteiger partial charge in [-0.3, -0.25) is 9.59 Å². The molecular formula is C12H11NO5. The average Bonchev–Trinajstić information content (AvgIpc) is 2.42. The summed E-state index contributed by atoms with van der Waals surface area (Å²) in [5, 5.41) is 2.25. The van der Waals surface area contributed by atoms with E-state index in [-0.39, 0.29) is 11.1 Å². The number of esters is 1. The van der Waals surface area contributed by atoms with Gasteiger partial charge in [-0.25, -0.2) is 4.79 Å². The van der Waals surface area contributed by atoms with Crippen molar-refractivity contribution in [2.24, 2.45) is 0 Å². The Morgan fingerprint density at radius 1 is 1.17 bits per heavy atom. The Labute approximate surface area is 103 Å². The van der Waals surface area contributed by atoms with Gasteiger partial charge in [0.15, 0.2) is 0 Å². The van der Waals surface area contributed by atoms with Crippen LogP contribution in [0.1, 0.15) is 20.7 Å². The predicted molar refractivity (Wildman–Crippen MR) is 60.0 cm³/mol. The molecule has 1 amide bonds. The Morgan fingerprint density at radius 2 is 1.78 bits per heavy atom. The van der Waals surface area contributed by atoms with Gasteiger partial charge in [-0.15, -0.1) is 0 Å². The smallest absolute Gasteiger partial charge is 0.368 e. The number of Topliss-reactive ketones (excluding diaryl/α,β-unsaturated/α-hetero) is 1. The van der Waals surface area contributed by atoms with Crippen molar-refractivity contribution >= 4 is 17.7 Å². The molecule has 1 heterocycles. The molecule has 0 spiro atoms. The summed E-state index contributed by atoms with van der Waals surface area (Å²) in [6, 6.07) is 6.20. The minimum Gasteiger partial charge on any atom is -0.465 e. The number of hydrogen-bond donors (Lipinski definition) is 1. The standard InChI is InChI=1S/C12H11NO5/c1-17-11(16)12(18-2)9(14)7-5-3-4-6-8(7)10(15)13-12/h3-6H,1-2H3,(H,13,15)/t12-/m0/s1. The minimum absolute atomic E-state index is 0.133. The van der Waals surface area contributed by atoms with Crippen LogP contribution in [0.2, 0.25) is 0 Å². The third-order valence-corrected chi connectivity index (χ3v) is 2.80. The highest BCUT2D eigenvalue weighted by Gasteiger charge is 2.53. The Bertz CT molecular complexity index is 539. The molecule has 1 aliphatic rings. The molecule has 1 aromatic rings. The lowest BCUT2D eigenvalue weighted by atomic mass is 9.91. The average molecular weight is 249 g/mol. The first-order valence-electron chi connectivity index (χ1n) is 5.16. The molecule has 6 heteroatoms. The first-order chi connectivity index (χ1) is 8.56. The molecule has 1 atom stereocenters. The van der Waals surface area contributed by atoms with Crippen LogP contribution in [0.5, 0.6) is 0 Å². The number of rotatable bonds is 2. The fourth-order valence-corrected chi connectivity index (χ4v) is 1.87. The second kappa shape index (κ2) is 4.23. The topological polar surface area (TPSA) is 81.7 Å². The molecule has 6 nitrogen and oxygen atoms in total. The van der Waals surface area contributed by atoms with Crippen LogP contribution in [-0.2, 0) is 14.3 Å². The van der Waals surface area contributed by atoms with E-state index in [0.717, 1.165) is 14.2 Å². The zero-order valence-electron chi connectivity index (χ0n) is 9.85. The summed E-state index contributed by atoms with van der Waals surface area (Å²) in [5.41, 5.74) is -1.76. The van der Waals surface area contributed by atoms with Crippen molar-refractivity contribution in [2.75, 3.05) is 14.2 Å². The first kappa shape index (κ1) is 12.3. The van der Waals surface area contributed by atoms with E-state index < -0.39 is 23.4 Å². The zero-order valence-corrected chi connectivity index (χ0v) is 9.85. The maximum absolute atomic E-state index is 12.3. The van der Waals surface area contributed by atoms with E-state index in [9.17, 15) is 14.4 Å². The predicted octanol–water partition coefficient (Wildman–Crippen LogP) is 0.128. The van der Waals surface area contributed by atoms with Gasteiger partial charge in [-0.1, -0.05) is 18.2 Å². The van der Waals surface area contributed by atoms with Gasteiger partial charge in [0, 0.05) is 12.7 Å². The van der Waals surface area contributed by atoms with Crippen molar-refractivity contribution in [3.8, 4) is 0 Å². The summed E-state index contributed by atoms with van der Waals surface area (Å²) >= 11 is 0. The summed E-state index contributed by atoms with van der Waals surface area (Å²) in [4.78, 5) is 35.9. The highest BCUT2D eigenvalue weighted by Crippen LogP contribution is 2.25. The number of methoxy groups -OCH3 is 2. The Morgan fingerprint density at radius 3 is 2.33 bits per heavy atom. The molecule has 94 valence electrons. The van der Waals surface area contributed by atoms with Gasteiger partial charge in [0.05, 0.1) is 12.7 Å². The second-order valence-corrected chi connectivity index (χ2v) is 3.71. The van der Waals surface area contributed by atoms with E-state index in [4.69, 9.17) is 4.74 Å². The van der Waals surface area contributed by atoms with Gasteiger partial charge in [0.1, 0.15) is 0 Å². The van der Waals surface area contributed by atoms with Crippen LogP contribution in [0.4, 0.5) is 0 Å². The highest BCUT2D eigenvalue weighted by atomic mass is 16.6. The minimum atomic E-state index is -2.10. The molecule has 0 fully saturated rings. The maximum Gasteiger partial charge on any atom is 0.368 e. The number of ether oxygens (including phenoxy) is 2. The van der Waals surface area contributed by atoms with Gasteiger partial charge in [0.25, 0.3) is 5.91 Å². The third kappa shape index (κ3) is 1.50. The van der Waals surface area contributed by atoms with Crippen molar-refractivity contribution < 1.29 is 23.9 Å². The number of fused-ring (bicyclic) bond motifs is 1. The summed E-state index contributed by atoms with van der Waals surface area (Å²) in [5.74, 6) is -2.16. The number of ketones is 1. The van der Waals surface area contributed by atoms with E-state index in [1.807, 2.05) is 0 Å². The summed E-state index contributed by atoms with van der Waals surface area (Å²) in [6.45, 7) is 0. The monoisotopic (exact) mass is 249 g/mol. The quantitative estimate of drug-likeness (QED) is 0.595. The van der Waals surface area contributed by atoms with Crippen molar-refractivity contribution in [1.29, 1.82) is 0 Å². The number of carbonyl (C=O) groups is 3. The van der Waals surface area contributed by atoms with Crippen molar-refractivity contribution in [3.05, 3.63) is 35.4 Å². The molecule has 2 rings (SSSR count). The van der Waals surface area contributed by atoms with Crippen LogP contribution in [-0.4, -0.2) is 37.6 Å². The largest absolute Gasteiger partial charge is 0.465 e. The molecule has 0 aliphatic carbocycles. The maximum atomic E-state index is 12.3. The lowest BCUT2D eigenvalue weighted by Gasteiger charge is -2.32. The molecule has 0 aromatic heterocycles. The Balaban J connectivity index is 2.60. The van der Waals surface area contributed by atoms with Crippen LogP contribution in [0.15, 0.2) is 24.3 Å². The van der Waals surface area contributed by atoms with E-state index in [0.29, 0.717) is 0 Å². The molecule has 18 heavy (non-hydrogen) atoms. The zero-order chi connectivity index (χ0) is 13.3. The molecular weight excluding hydrogens is 238 g/mol. The van der Waals surface area contributed by atoms with Gasteiger partial charge in [-0.2, -0.15) is 0 Å². The van der Waals surface area contributed by atoms with Crippen LogP contribution in [0.25, 0.3) is 0 Å². The molecule has 0 radical (unpaired) electrons. The Kier molecular flexibility index (Phi) is 2.88. The number of benzene rings is 1.